The molecule has 0 aromatic carbocycles. The van der Waals surface area contributed by atoms with Gasteiger partial charge in [-0.05, 0) is 17.7 Å². The molecule has 0 spiro atoms. The Hall–Kier alpha value is -1.51. The molecular formula is C9H6FNO. The van der Waals surface area contributed by atoms with E-state index in [1.165, 1.54) is 12.3 Å². The second kappa shape index (κ2) is 2.52. The maximum atomic E-state index is 13.0. The molecule has 0 fully saturated rings. The second-order valence-corrected chi connectivity index (χ2v) is 2.63. The summed E-state index contributed by atoms with van der Waals surface area (Å²) in [4.78, 5) is 14.6. The lowest BCUT2D eigenvalue weighted by Crippen LogP contribution is -2.19. The lowest BCUT2D eigenvalue weighted by molar-refractivity contribution is -0.119. The summed E-state index contributed by atoms with van der Waals surface area (Å²) in [7, 11) is 0. The molecular weight excluding hydrogens is 157 g/mol. The number of dihydropyridines is 1. The molecule has 3 heteroatoms. The molecule has 2 nitrogen and oxygen atoms in total. The molecule has 1 amide bonds. The van der Waals surface area contributed by atoms with Crippen molar-refractivity contribution in [1.82, 2.24) is 0 Å². The quantitative estimate of drug-likeness (QED) is 0.532. The molecule has 1 unspecified atom stereocenters. The van der Waals surface area contributed by atoms with Gasteiger partial charge in [-0.2, -0.15) is 0 Å². The van der Waals surface area contributed by atoms with Gasteiger partial charge >= 0.3 is 0 Å². The SMILES string of the molecule is O=C1N=CC=C2C=CC=C(F)C12. The van der Waals surface area contributed by atoms with Crippen LogP contribution < -0.4 is 0 Å². The fourth-order valence-electron chi connectivity index (χ4n) is 1.29. The van der Waals surface area contributed by atoms with Crippen LogP contribution in [-0.4, -0.2) is 12.1 Å². The maximum Gasteiger partial charge on any atom is 0.260 e. The van der Waals surface area contributed by atoms with Gasteiger partial charge in [0.05, 0.1) is 0 Å². The number of amides is 1. The second-order valence-electron chi connectivity index (χ2n) is 2.63. The monoisotopic (exact) mass is 163 g/mol. The van der Waals surface area contributed by atoms with Gasteiger partial charge in [-0.15, -0.1) is 0 Å². The van der Waals surface area contributed by atoms with Crippen LogP contribution in [0, 0.1) is 5.92 Å². The van der Waals surface area contributed by atoms with Gasteiger partial charge in [0, 0.05) is 6.21 Å². The molecule has 1 aliphatic carbocycles. The lowest BCUT2D eigenvalue weighted by Gasteiger charge is -2.17. The first-order valence-corrected chi connectivity index (χ1v) is 3.61. The lowest BCUT2D eigenvalue weighted by atomic mass is 9.91. The Labute approximate surface area is 68.8 Å². The predicted octanol–water partition coefficient (Wildman–Crippen LogP) is 1.56. The summed E-state index contributed by atoms with van der Waals surface area (Å²) in [6, 6.07) is 0. The van der Waals surface area contributed by atoms with Gasteiger partial charge in [-0.25, -0.2) is 9.38 Å². The van der Waals surface area contributed by atoms with E-state index in [2.05, 4.69) is 4.99 Å². The molecule has 1 atom stereocenters. The van der Waals surface area contributed by atoms with Crippen molar-refractivity contribution in [1.29, 1.82) is 0 Å². The summed E-state index contributed by atoms with van der Waals surface area (Å²) >= 11 is 0. The van der Waals surface area contributed by atoms with E-state index in [0.29, 0.717) is 5.57 Å². The Morgan fingerprint density at radius 2 is 2.25 bits per heavy atom. The Morgan fingerprint density at radius 1 is 1.42 bits per heavy atom. The van der Waals surface area contributed by atoms with E-state index >= 15 is 0 Å². The highest BCUT2D eigenvalue weighted by atomic mass is 19.1. The highest BCUT2D eigenvalue weighted by Gasteiger charge is 2.28. The average molecular weight is 163 g/mol. The molecule has 60 valence electrons. The molecule has 0 saturated carbocycles. The van der Waals surface area contributed by atoms with Crippen molar-refractivity contribution in [3.63, 3.8) is 0 Å². The third kappa shape index (κ3) is 0.942. The molecule has 2 rings (SSSR count). The van der Waals surface area contributed by atoms with E-state index in [9.17, 15) is 9.18 Å². The predicted molar refractivity (Wildman–Crippen MR) is 43.4 cm³/mol. The number of nitrogens with zero attached hydrogens (tertiary/aromatic N) is 1. The molecule has 0 N–H and O–H groups in total. The van der Waals surface area contributed by atoms with Crippen LogP contribution in [0.3, 0.4) is 0 Å². The fourth-order valence-corrected chi connectivity index (χ4v) is 1.29. The van der Waals surface area contributed by atoms with Gasteiger partial charge in [-0.3, -0.25) is 4.79 Å². The van der Waals surface area contributed by atoms with E-state index < -0.39 is 17.7 Å². The van der Waals surface area contributed by atoms with Crippen molar-refractivity contribution in [3.8, 4) is 0 Å². The Kier molecular flexibility index (Phi) is 1.50. The topological polar surface area (TPSA) is 29.4 Å². The highest BCUT2D eigenvalue weighted by molar-refractivity contribution is 5.98. The summed E-state index contributed by atoms with van der Waals surface area (Å²) < 4.78 is 13.0. The zero-order chi connectivity index (χ0) is 8.55. The van der Waals surface area contributed by atoms with Gasteiger partial charge < -0.3 is 0 Å². The third-order valence-electron chi connectivity index (χ3n) is 1.87. The van der Waals surface area contributed by atoms with Crippen molar-refractivity contribution in [2.45, 2.75) is 0 Å². The minimum Gasteiger partial charge on any atom is -0.271 e. The van der Waals surface area contributed by atoms with Gasteiger partial charge in [0.15, 0.2) is 0 Å². The Morgan fingerprint density at radius 3 is 3.00 bits per heavy atom. The number of carbonyl (C=O) groups is 1. The highest BCUT2D eigenvalue weighted by Crippen LogP contribution is 2.29. The molecule has 0 aromatic heterocycles. The van der Waals surface area contributed by atoms with E-state index in [1.54, 1.807) is 18.2 Å². The number of hydrogen-bond acceptors (Lipinski definition) is 1. The van der Waals surface area contributed by atoms with Crippen LogP contribution in [0.25, 0.3) is 0 Å². The maximum absolute atomic E-state index is 13.0. The first-order chi connectivity index (χ1) is 5.79. The summed E-state index contributed by atoms with van der Waals surface area (Å²) in [5.74, 6) is -1.63. The summed E-state index contributed by atoms with van der Waals surface area (Å²) in [5.41, 5.74) is 0.676. The van der Waals surface area contributed by atoms with Crippen LogP contribution in [0.1, 0.15) is 0 Å². The first-order valence-electron chi connectivity index (χ1n) is 3.61. The number of hydrogen-bond donors (Lipinski definition) is 0. The van der Waals surface area contributed by atoms with Crippen molar-refractivity contribution in [2.24, 2.45) is 10.9 Å². The van der Waals surface area contributed by atoms with Crippen LogP contribution in [0.4, 0.5) is 4.39 Å². The number of aliphatic imine (C=N–C) groups is 1. The molecule has 0 radical (unpaired) electrons. The van der Waals surface area contributed by atoms with Crippen LogP contribution in [0.15, 0.2) is 40.7 Å². The molecule has 1 heterocycles. The molecule has 2 aliphatic rings. The van der Waals surface area contributed by atoms with E-state index in [1.807, 2.05) is 0 Å². The van der Waals surface area contributed by atoms with Gasteiger partial charge in [0.1, 0.15) is 11.7 Å². The van der Waals surface area contributed by atoms with Crippen LogP contribution in [0.5, 0.6) is 0 Å². The van der Waals surface area contributed by atoms with Crippen LogP contribution in [-0.2, 0) is 4.79 Å². The smallest absolute Gasteiger partial charge is 0.260 e. The van der Waals surface area contributed by atoms with Crippen molar-refractivity contribution >= 4 is 12.1 Å². The minimum absolute atomic E-state index is 0.425. The van der Waals surface area contributed by atoms with E-state index in [0.717, 1.165) is 0 Å². The van der Waals surface area contributed by atoms with E-state index in [-0.39, 0.29) is 0 Å². The van der Waals surface area contributed by atoms with Gasteiger partial charge in [0.25, 0.3) is 5.91 Å². The number of fused-ring (bicyclic) bond motifs is 1. The molecule has 1 aliphatic heterocycles. The van der Waals surface area contributed by atoms with Crippen LogP contribution >= 0.6 is 0 Å². The standard InChI is InChI=1S/C9H6FNO/c10-7-3-1-2-6-4-5-11-9(12)8(6)7/h1-5,8H. The normalized spacial score (nSPS) is 26.4. The number of carbonyl (C=O) groups excluding carboxylic acids is 1. The zero-order valence-corrected chi connectivity index (χ0v) is 6.20. The van der Waals surface area contributed by atoms with Crippen molar-refractivity contribution < 1.29 is 9.18 Å². The summed E-state index contributed by atoms with van der Waals surface area (Å²) in [5, 5.41) is 0. The van der Waals surface area contributed by atoms with Crippen LogP contribution in [0.2, 0.25) is 0 Å². The molecule has 0 saturated heterocycles. The third-order valence-corrected chi connectivity index (χ3v) is 1.87. The molecule has 0 bridgehead atoms. The van der Waals surface area contributed by atoms with E-state index in [4.69, 9.17) is 0 Å². The first kappa shape index (κ1) is 7.16. The summed E-state index contributed by atoms with van der Waals surface area (Å²) in [6.45, 7) is 0. The molecule has 12 heavy (non-hydrogen) atoms. The average Bonchev–Trinajstić information content (AvgIpc) is 2.04. The fraction of sp³-hybridized carbons (Fsp3) is 0.111. The van der Waals surface area contributed by atoms with Crippen molar-refractivity contribution in [2.75, 3.05) is 0 Å². The molecule has 0 aromatic rings. The van der Waals surface area contributed by atoms with Gasteiger partial charge in [-0.1, -0.05) is 12.2 Å². The number of halogens is 1. The zero-order valence-electron chi connectivity index (χ0n) is 6.20. The minimum atomic E-state index is -0.778. The van der Waals surface area contributed by atoms with Crippen molar-refractivity contribution in [3.05, 3.63) is 35.7 Å². The number of allylic oxidation sites excluding steroid dienone is 4. The Bertz CT molecular complexity index is 350. The Balaban J connectivity index is 2.47. The summed E-state index contributed by atoms with van der Waals surface area (Å²) in [6.07, 6.45) is 7.65. The van der Waals surface area contributed by atoms with Gasteiger partial charge in [0.2, 0.25) is 0 Å². The number of rotatable bonds is 0. The largest absolute Gasteiger partial charge is 0.271 e.